The minimum Gasteiger partial charge on any atom is -0.373 e. The molecule has 9 nitrogen and oxygen atoms in total. The number of halogens is 1. The molecule has 2 aliphatic rings. The van der Waals surface area contributed by atoms with E-state index in [-0.39, 0.29) is 35.9 Å². The van der Waals surface area contributed by atoms with Crippen LogP contribution in [0.4, 0.5) is 15.8 Å². The van der Waals surface area contributed by atoms with E-state index >= 15 is 0 Å². The fourth-order valence-corrected chi connectivity index (χ4v) is 3.80. The van der Waals surface area contributed by atoms with E-state index < -0.39 is 17.9 Å². The SMILES string of the molecule is CC(C)c1ccccc1NC1CCC(=O)NC1=O.Cc1ccc(NC2CCC(=O)NC2=O)c(F)n1. The van der Waals surface area contributed by atoms with Gasteiger partial charge in [0.15, 0.2) is 0 Å². The van der Waals surface area contributed by atoms with Gasteiger partial charge in [-0.25, -0.2) is 4.98 Å². The van der Waals surface area contributed by atoms with Crippen LogP contribution < -0.4 is 21.3 Å². The molecule has 0 radical (unpaired) electrons. The summed E-state index contributed by atoms with van der Waals surface area (Å²) in [6.07, 6.45) is 1.56. The number of carbonyl (C=O) groups is 4. The highest BCUT2D eigenvalue weighted by Gasteiger charge is 2.28. The summed E-state index contributed by atoms with van der Waals surface area (Å²) in [7, 11) is 0. The largest absolute Gasteiger partial charge is 0.373 e. The average Bonchev–Trinajstić information content (AvgIpc) is 2.80. The summed E-state index contributed by atoms with van der Waals surface area (Å²) < 4.78 is 13.4. The number of aryl methyl sites for hydroxylation is 1. The summed E-state index contributed by atoms with van der Waals surface area (Å²) in [4.78, 5) is 48.8. The van der Waals surface area contributed by atoms with Crippen molar-refractivity contribution in [1.29, 1.82) is 0 Å². The van der Waals surface area contributed by atoms with Crippen molar-refractivity contribution in [1.82, 2.24) is 15.6 Å². The molecule has 4 amide bonds. The van der Waals surface area contributed by atoms with Gasteiger partial charge in [0, 0.05) is 24.2 Å². The number of benzene rings is 1. The van der Waals surface area contributed by atoms with Crippen molar-refractivity contribution in [3.63, 3.8) is 0 Å². The number of carbonyl (C=O) groups excluding carboxylic acids is 4. The Morgan fingerprint density at radius 2 is 1.40 bits per heavy atom. The van der Waals surface area contributed by atoms with Gasteiger partial charge in [0.1, 0.15) is 12.1 Å². The highest BCUT2D eigenvalue weighted by molar-refractivity contribution is 6.02. The number of hydrogen-bond donors (Lipinski definition) is 4. The first kappa shape index (κ1) is 25.8. The lowest BCUT2D eigenvalue weighted by Gasteiger charge is -2.24. The van der Waals surface area contributed by atoms with Crippen molar-refractivity contribution in [3.8, 4) is 0 Å². The van der Waals surface area contributed by atoms with Crippen molar-refractivity contribution in [2.75, 3.05) is 10.6 Å². The van der Waals surface area contributed by atoms with Crippen molar-refractivity contribution < 1.29 is 23.6 Å². The molecule has 0 bridgehead atoms. The van der Waals surface area contributed by atoms with Crippen LogP contribution in [-0.4, -0.2) is 40.7 Å². The molecular formula is C25H30FN5O4. The molecule has 186 valence electrons. The Balaban J connectivity index is 0.000000196. The van der Waals surface area contributed by atoms with Crippen LogP contribution in [0.25, 0.3) is 0 Å². The van der Waals surface area contributed by atoms with Gasteiger partial charge >= 0.3 is 0 Å². The zero-order valence-electron chi connectivity index (χ0n) is 20.0. The van der Waals surface area contributed by atoms with Crippen molar-refractivity contribution in [2.24, 2.45) is 0 Å². The third-order valence-electron chi connectivity index (χ3n) is 5.71. The van der Waals surface area contributed by atoms with Crippen LogP contribution in [0.5, 0.6) is 0 Å². The lowest BCUT2D eigenvalue weighted by molar-refractivity contribution is -0.135. The fraction of sp³-hybridized carbons (Fsp3) is 0.400. The Kier molecular flexibility index (Phi) is 8.51. The zero-order valence-corrected chi connectivity index (χ0v) is 20.0. The fourth-order valence-electron chi connectivity index (χ4n) is 3.80. The number of rotatable bonds is 5. The number of imide groups is 2. The monoisotopic (exact) mass is 483 g/mol. The molecule has 2 fully saturated rings. The molecule has 2 unspecified atom stereocenters. The molecule has 0 aliphatic carbocycles. The second-order valence-corrected chi connectivity index (χ2v) is 8.83. The topological polar surface area (TPSA) is 129 Å². The summed E-state index contributed by atoms with van der Waals surface area (Å²) in [6.45, 7) is 5.91. The van der Waals surface area contributed by atoms with E-state index in [1.165, 1.54) is 11.6 Å². The molecule has 4 rings (SSSR count). The molecule has 0 spiro atoms. The number of anilines is 2. The van der Waals surface area contributed by atoms with Crippen molar-refractivity contribution in [3.05, 3.63) is 53.6 Å². The lowest BCUT2D eigenvalue weighted by atomic mass is 9.99. The predicted molar refractivity (Wildman–Crippen MR) is 129 cm³/mol. The number of aromatic nitrogens is 1. The van der Waals surface area contributed by atoms with Gasteiger partial charge < -0.3 is 10.6 Å². The number of piperidine rings is 2. The highest BCUT2D eigenvalue weighted by Crippen LogP contribution is 2.25. The van der Waals surface area contributed by atoms with Crippen LogP contribution in [-0.2, 0) is 19.2 Å². The smallest absolute Gasteiger partial charge is 0.249 e. The summed E-state index contributed by atoms with van der Waals surface area (Å²) >= 11 is 0. The van der Waals surface area contributed by atoms with Gasteiger partial charge in [-0.2, -0.15) is 4.39 Å². The molecular weight excluding hydrogens is 453 g/mol. The number of nitrogens with one attached hydrogen (secondary N) is 4. The predicted octanol–water partition coefficient (Wildman–Crippen LogP) is 2.77. The zero-order chi connectivity index (χ0) is 25.5. The summed E-state index contributed by atoms with van der Waals surface area (Å²) in [6, 6.07) is 10.2. The number of amides is 4. The summed E-state index contributed by atoms with van der Waals surface area (Å²) in [5, 5.41) is 10.5. The van der Waals surface area contributed by atoms with Gasteiger partial charge in [-0.1, -0.05) is 32.0 Å². The normalized spacial score (nSPS) is 19.9. The maximum atomic E-state index is 13.4. The second kappa shape index (κ2) is 11.5. The van der Waals surface area contributed by atoms with E-state index in [0.717, 1.165) is 5.69 Å². The first-order valence-electron chi connectivity index (χ1n) is 11.6. The minimum absolute atomic E-state index is 0.171. The van der Waals surface area contributed by atoms with E-state index in [2.05, 4.69) is 46.2 Å². The Morgan fingerprint density at radius 1 is 0.857 bits per heavy atom. The first-order valence-corrected chi connectivity index (χ1v) is 11.6. The van der Waals surface area contributed by atoms with E-state index in [4.69, 9.17) is 0 Å². The van der Waals surface area contributed by atoms with Gasteiger partial charge in [0.25, 0.3) is 0 Å². The molecule has 2 aliphatic heterocycles. The van der Waals surface area contributed by atoms with Crippen LogP contribution in [0, 0.1) is 12.9 Å². The summed E-state index contributed by atoms with van der Waals surface area (Å²) in [5.41, 5.74) is 2.89. The van der Waals surface area contributed by atoms with Crippen molar-refractivity contribution in [2.45, 2.75) is 64.5 Å². The standard InChI is InChI=1S/C14H18N2O2.C11H12FN3O2/c1-9(2)10-5-3-4-6-11(10)15-12-7-8-13(17)16-14(12)18;1-6-2-3-7(10(12)13-6)14-8-4-5-9(16)15-11(8)17/h3-6,9,12,15H,7-8H2,1-2H3,(H,16,17,18);2-3,8,14H,4-5H2,1H3,(H,15,16,17). The van der Waals surface area contributed by atoms with E-state index in [1.54, 1.807) is 13.0 Å². The summed E-state index contributed by atoms with van der Waals surface area (Å²) in [5.74, 6) is -1.39. The molecule has 2 atom stereocenters. The Labute approximate surface area is 203 Å². The maximum absolute atomic E-state index is 13.4. The van der Waals surface area contributed by atoms with Gasteiger partial charge in [0.2, 0.25) is 29.6 Å². The third-order valence-corrected chi connectivity index (χ3v) is 5.71. The van der Waals surface area contributed by atoms with Crippen LogP contribution in [0.2, 0.25) is 0 Å². The Hall–Kier alpha value is -3.82. The van der Waals surface area contributed by atoms with Crippen LogP contribution >= 0.6 is 0 Å². The average molecular weight is 484 g/mol. The minimum atomic E-state index is -0.644. The number of para-hydroxylation sites is 1. The van der Waals surface area contributed by atoms with Gasteiger partial charge in [-0.15, -0.1) is 0 Å². The third kappa shape index (κ3) is 7.08. The van der Waals surface area contributed by atoms with Crippen molar-refractivity contribution >= 4 is 35.0 Å². The van der Waals surface area contributed by atoms with E-state index in [0.29, 0.717) is 30.9 Å². The van der Waals surface area contributed by atoms with Crippen LogP contribution in [0.15, 0.2) is 36.4 Å². The van der Waals surface area contributed by atoms with Gasteiger partial charge in [-0.3, -0.25) is 29.8 Å². The Morgan fingerprint density at radius 3 is 1.91 bits per heavy atom. The quantitative estimate of drug-likeness (QED) is 0.380. The number of nitrogens with zero attached hydrogens (tertiary/aromatic N) is 1. The second-order valence-electron chi connectivity index (χ2n) is 8.83. The first-order chi connectivity index (χ1) is 16.6. The number of pyridine rings is 1. The molecule has 2 saturated heterocycles. The molecule has 1 aromatic heterocycles. The Bertz CT molecular complexity index is 1120. The molecule has 0 saturated carbocycles. The van der Waals surface area contributed by atoms with Crippen LogP contribution in [0.3, 0.4) is 0 Å². The van der Waals surface area contributed by atoms with Gasteiger partial charge in [0.05, 0.1) is 5.69 Å². The number of hydrogen-bond acceptors (Lipinski definition) is 7. The van der Waals surface area contributed by atoms with Gasteiger partial charge in [-0.05, 0) is 49.4 Å². The molecule has 10 heteroatoms. The molecule has 4 N–H and O–H groups in total. The molecule has 35 heavy (non-hydrogen) atoms. The van der Waals surface area contributed by atoms with E-state index in [1.807, 2.05) is 18.2 Å². The van der Waals surface area contributed by atoms with Crippen LogP contribution in [0.1, 0.15) is 56.7 Å². The lowest BCUT2D eigenvalue weighted by Crippen LogP contribution is -2.47. The highest BCUT2D eigenvalue weighted by atomic mass is 19.1. The molecule has 1 aromatic carbocycles. The molecule has 3 heterocycles. The maximum Gasteiger partial charge on any atom is 0.249 e. The van der Waals surface area contributed by atoms with E-state index in [9.17, 15) is 23.6 Å². The molecule has 2 aromatic rings.